The summed E-state index contributed by atoms with van der Waals surface area (Å²) in [4.78, 5) is 15.3. The fourth-order valence-corrected chi connectivity index (χ4v) is 5.87. The summed E-state index contributed by atoms with van der Waals surface area (Å²) in [6.45, 7) is 6.36. The van der Waals surface area contributed by atoms with E-state index in [1.807, 2.05) is 38.1 Å². The molecule has 8 heteroatoms. The monoisotopic (exact) mass is 443 g/mol. The van der Waals surface area contributed by atoms with Crippen LogP contribution >= 0.6 is 0 Å². The molecule has 2 atom stereocenters. The number of anilines is 2. The molecule has 2 heterocycles. The maximum atomic E-state index is 13.1. The Morgan fingerprint density at radius 3 is 2.39 bits per heavy atom. The summed E-state index contributed by atoms with van der Waals surface area (Å²) in [7, 11) is -3.71. The highest BCUT2D eigenvalue weighted by molar-refractivity contribution is 7.89. The minimum Gasteiger partial charge on any atom is -0.373 e. The molecule has 2 aromatic carbocycles. The van der Waals surface area contributed by atoms with Crippen LogP contribution in [-0.2, 0) is 14.8 Å². The van der Waals surface area contributed by atoms with E-state index in [2.05, 4.69) is 10.2 Å². The average molecular weight is 444 g/mol. The van der Waals surface area contributed by atoms with Gasteiger partial charge in [-0.25, -0.2) is 8.42 Å². The lowest BCUT2D eigenvalue weighted by molar-refractivity contribution is -0.0440. The second-order valence-corrected chi connectivity index (χ2v) is 10.2. The zero-order valence-electron chi connectivity index (χ0n) is 18.0. The summed E-state index contributed by atoms with van der Waals surface area (Å²) in [5.74, 6) is -0.334. The van der Waals surface area contributed by atoms with Gasteiger partial charge in [0.15, 0.2) is 0 Å². The zero-order valence-corrected chi connectivity index (χ0v) is 18.8. The van der Waals surface area contributed by atoms with Gasteiger partial charge < -0.3 is 15.0 Å². The average Bonchev–Trinajstić information content (AvgIpc) is 3.28. The van der Waals surface area contributed by atoms with E-state index in [4.69, 9.17) is 4.74 Å². The fourth-order valence-electron chi connectivity index (χ4n) is 4.23. The van der Waals surface area contributed by atoms with E-state index >= 15 is 0 Å². The summed E-state index contributed by atoms with van der Waals surface area (Å²) in [5, 5.41) is 2.90. The summed E-state index contributed by atoms with van der Waals surface area (Å²) in [6, 6.07) is 14.0. The van der Waals surface area contributed by atoms with Crippen LogP contribution in [0.4, 0.5) is 11.4 Å². The molecule has 0 radical (unpaired) electrons. The Kier molecular flexibility index (Phi) is 6.31. The fraction of sp³-hybridized carbons (Fsp3) is 0.435. The molecule has 166 valence electrons. The molecule has 4 rings (SSSR count). The van der Waals surface area contributed by atoms with Crippen LogP contribution in [-0.4, -0.2) is 57.0 Å². The van der Waals surface area contributed by atoms with Gasteiger partial charge in [0.05, 0.1) is 17.1 Å². The molecule has 1 N–H and O–H groups in total. The number of hydrogen-bond donors (Lipinski definition) is 1. The lowest BCUT2D eigenvalue weighted by Gasteiger charge is -2.34. The van der Waals surface area contributed by atoms with Crippen molar-refractivity contribution in [1.29, 1.82) is 0 Å². The summed E-state index contributed by atoms with van der Waals surface area (Å²) in [6.07, 6.45) is 2.01. The molecular weight excluding hydrogens is 414 g/mol. The van der Waals surface area contributed by atoms with E-state index in [1.165, 1.54) is 29.3 Å². The SMILES string of the molecule is CC1CN(S(=O)(=O)c2cccc(C(=O)Nc3cccc(N4CCCC4)c3)c2)CC(C)O1. The van der Waals surface area contributed by atoms with Gasteiger partial charge in [0.2, 0.25) is 10.0 Å². The second kappa shape index (κ2) is 8.98. The van der Waals surface area contributed by atoms with Gasteiger partial charge in [0, 0.05) is 43.1 Å². The van der Waals surface area contributed by atoms with Gasteiger partial charge >= 0.3 is 0 Å². The van der Waals surface area contributed by atoms with Gasteiger partial charge in [-0.15, -0.1) is 0 Å². The first-order chi connectivity index (χ1) is 14.8. The maximum absolute atomic E-state index is 13.1. The van der Waals surface area contributed by atoms with Crippen LogP contribution in [0.25, 0.3) is 0 Å². The van der Waals surface area contributed by atoms with Gasteiger partial charge in [0.1, 0.15) is 0 Å². The van der Waals surface area contributed by atoms with E-state index in [0.29, 0.717) is 24.3 Å². The van der Waals surface area contributed by atoms with Gasteiger partial charge in [0.25, 0.3) is 5.91 Å². The molecule has 7 nitrogen and oxygen atoms in total. The Balaban J connectivity index is 1.51. The van der Waals surface area contributed by atoms with Crippen LogP contribution in [0.15, 0.2) is 53.4 Å². The summed E-state index contributed by atoms with van der Waals surface area (Å²) < 4.78 is 33.4. The van der Waals surface area contributed by atoms with Gasteiger partial charge in [-0.1, -0.05) is 12.1 Å². The number of carbonyl (C=O) groups excluding carboxylic acids is 1. The third kappa shape index (κ3) is 4.92. The largest absolute Gasteiger partial charge is 0.373 e. The topological polar surface area (TPSA) is 79.0 Å². The quantitative estimate of drug-likeness (QED) is 0.767. The Labute approximate surface area is 184 Å². The molecule has 31 heavy (non-hydrogen) atoms. The van der Waals surface area contributed by atoms with Crippen LogP contribution < -0.4 is 10.2 Å². The maximum Gasteiger partial charge on any atom is 0.255 e. The Morgan fingerprint density at radius 2 is 1.68 bits per heavy atom. The molecule has 0 aliphatic carbocycles. The predicted octanol–water partition coefficient (Wildman–Crippen LogP) is 3.34. The van der Waals surface area contributed by atoms with Crippen molar-refractivity contribution in [3.63, 3.8) is 0 Å². The molecule has 2 unspecified atom stereocenters. The zero-order chi connectivity index (χ0) is 22.0. The number of nitrogens with zero attached hydrogens (tertiary/aromatic N) is 2. The third-order valence-corrected chi connectivity index (χ3v) is 7.52. The van der Waals surface area contributed by atoms with Crippen molar-refractivity contribution in [3.05, 3.63) is 54.1 Å². The van der Waals surface area contributed by atoms with Crippen LogP contribution in [0.5, 0.6) is 0 Å². The molecule has 1 amide bonds. The van der Waals surface area contributed by atoms with E-state index in [1.54, 1.807) is 12.1 Å². The first kappa shape index (κ1) is 21.8. The first-order valence-corrected chi connectivity index (χ1v) is 12.2. The van der Waals surface area contributed by atoms with E-state index < -0.39 is 10.0 Å². The molecule has 0 saturated carbocycles. The highest BCUT2D eigenvalue weighted by Gasteiger charge is 2.32. The van der Waals surface area contributed by atoms with Gasteiger partial charge in [-0.3, -0.25) is 4.79 Å². The van der Waals surface area contributed by atoms with Crippen molar-refractivity contribution in [2.75, 3.05) is 36.4 Å². The smallest absolute Gasteiger partial charge is 0.255 e. The highest BCUT2D eigenvalue weighted by Crippen LogP contribution is 2.25. The Bertz CT molecular complexity index is 1040. The summed E-state index contributed by atoms with van der Waals surface area (Å²) >= 11 is 0. The number of nitrogens with one attached hydrogen (secondary N) is 1. The number of benzene rings is 2. The molecular formula is C23H29N3O4S. The van der Waals surface area contributed by atoms with E-state index in [9.17, 15) is 13.2 Å². The van der Waals surface area contributed by atoms with Crippen LogP contribution in [0.2, 0.25) is 0 Å². The van der Waals surface area contributed by atoms with Gasteiger partial charge in [-0.05, 0) is 63.1 Å². The van der Waals surface area contributed by atoms with Gasteiger partial charge in [-0.2, -0.15) is 4.31 Å². The minimum atomic E-state index is -3.71. The van der Waals surface area contributed by atoms with Crippen LogP contribution in [0.1, 0.15) is 37.0 Å². The molecule has 0 spiro atoms. The molecule has 0 aromatic heterocycles. The van der Waals surface area contributed by atoms with Crippen molar-refractivity contribution in [1.82, 2.24) is 4.31 Å². The second-order valence-electron chi connectivity index (χ2n) is 8.31. The number of hydrogen-bond acceptors (Lipinski definition) is 5. The Hall–Kier alpha value is -2.42. The Morgan fingerprint density at radius 1 is 1.00 bits per heavy atom. The molecule has 2 aliphatic rings. The number of rotatable bonds is 5. The first-order valence-electron chi connectivity index (χ1n) is 10.7. The normalized spacial score (nSPS) is 22.5. The molecule has 0 bridgehead atoms. The van der Waals surface area contributed by atoms with Crippen molar-refractivity contribution in [3.8, 4) is 0 Å². The lowest BCUT2D eigenvalue weighted by Crippen LogP contribution is -2.48. The molecule has 2 fully saturated rings. The number of amides is 1. The number of ether oxygens (including phenoxy) is 1. The molecule has 2 aromatic rings. The predicted molar refractivity (Wildman–Crippen MR) is 121 cm³/mol. The minimum absolute atomic E-state index is 0.118. The number of carbonyl (C=O) groups is 1. The van der Waals surface area contributed by atoms with Crippen LogP contribution in [0.3, 0.4) is 0 Å². The van der Waals surface area contributed by atoms with E-state index in [-0.39, 0.29) is 23.0 Å². The van der Waals surface area contributed by atoms with Crippen LogP contribution in [0, 0.1) is 0 Å². The summed E-state index contributed by atoms with van der Waals surface area (Å²) in [5.41, 5.74) is 2.09. The standard InChI is InChI=1S/C23H29N3O4S/c1-17-15-26(16-18(2)30-17)31(28,29)22-10-5-7-19(13-22)23(27)24-20-8-6-9-21(14-20)25-11-3-4-12-25/h5-10,13-14,17-18H,3-4,11-12,15-16H2,1-2H3,(H,24,27). The van der Waals surface area contributed by atoms with E-state index in [0.717, 1.165) is 18.8 Å². The third-order valence-electron chi connectivity index (χ3n) is 5.70. The van der Waals surface area contributed by atoms with Crippen molar-refractivity contribution < 1.29 is 17.9 Å². The highest BCUT2D eigenvalue weighted by atomic mass is 32.2. The van der Waals surface area contributed by atoms with Crippen molar-refractivity contribution in [2.24, 2.45) is 0 Å². The number of sulfonamides is 1. The number of morpholine rings is 1. The van der Waals surface area contributed by atoms with Crippen molar-refractivity contribution in [2.45, 2.75) is 43.8 Å². The molecule has 2 saturated heterocycles. The lowest BCUT2D eigenvalue weighted by atomic mass is 10.2. The molecule has 2 aliphatic heterocycles. The van der Waals surface area contributed by atoms with Crippen molar-refractivity contribution >= 4 is 27.3 Å².